The van der Waals surface area contributed by atoms with Gasteiger partial charge >= 0.3 is 0 Å². The normalized spacial score (nSPS) is 39.9. The largest absolute Gasteiger partial charge is 0.379 e. The number of nitrogens with two attached hydrogens (primary N) is 1. The van der Waals surface area contributed by atoms with Gasteiger partial charge in [0, 0.05) is 25.2 Å². The van der Waals surface area contributed by atoms with Crippen LogP contribution in [0.15, 0.2) is 0 Å². The van der Waals surface area contributed by atoms with Crippen LogP contribution in [0.3, 0.4) is 0 Å². The first-order valence-corrected chi connectivity index (χ1v) is 5.20. The van der Waals surface area contributed by atoms with E-state index in [1.807, 2.05) is 0 Å². The summed E-state index contributed by atoms with van der Waals surface area (Å²) in [5.41, 5.74) is 6.30. The second-order valence-electron chi connectivity index (χ2n) is 4.83. The fraction of sp³-hybridized carbons (Fsp3) is 1.00. The third-order valence-electron chi connectivity index (χ3n) is 3.78. The van der Waals surface area contributed by atoms with Crippen LogP contribution in [0.25, 0.3) is 0 Å². The summed E-state index contributed by atoms with van der Waals surface area (Å²) in [6.07, 6.45) is 1.16. The van der Waals surface area contributed by atoms with E-state index < -0.39 is 0 Å². The topological polar surface area (TPSA) is 38.5 Å². The summed E-state index contributed by atoms with van der Waals surface area (Å²) in [5.74, 6) is 0. The van der Waals surface area contributed by atoms with Gasteiger partial charge in [0.2, 0.25) is 0 Å². The molecule has 2 rings (SSSR count). The molecule has 1 aliphatic heterocycles. The van der Waals surface area contributed by atoms with Crippen molar-refractivity contribution in [2.24, 2.45) is 11.1 Å². The number of morpholine rings is 1. The maximum absolute atomic E-state index is 6.00. The van der Waals surface area contributed by atoms with E-state index in [4.69, 9.17) is 10.5 Å². The lowest BCUT2D eigenvalue weighted by atomic mass is 9.62. The van der Waals surface area contributed by atoms with Gasteiger partial charge in [0.25, 0.3) is 0 Å². The molecule has 3 nitrogen and oxygen atoms in total. The number of hydrogen-bond acceptors (Lipinski definition) is 3. The fourth-order valence-corrected chi connectivity index (χ4v) is 2.44. The molecular weight excluding hydrogens is 164 g/mol. The molecule has 2 fully saturated rings. The zero-order chi connectivity index (χ0) is 9.47. The standard InChI is InChI=1S/C10H20N2O/c1-10(2)8(11)7-9(10)12-3-5-13-6-4-12/h8-9H,3-7,11H2,1-2H3/t8-,9-/m0/s1. The van der Waals surface area contributed by atoms with Crippen LogP contribution in [0.4, 0.5) is 0 Å². The first-order valence-electron chi connectivity index (χ1n) is 5.20. The molecule has 13 heavy (non-hydrogen) atoms. The minimum absolute atomic E-state index is 0.303. The zero-order valence-corrected chi connectivity index (χ0v) is 8.62. The lowest BCUT2D eigenvalue weighted by Gasteiger charge is -2.55. The Balaban J connectivity index is 1.94. The molecule has 1 saturated carbocycles. The van der Waals surface area contributed by atoms with Crippen molar-refractivity contribution in [2.75, 3.05) is 26.3 Å². The highest BCUT2D eigenvalue weighted by atomic mass is 16.5. The SMILES string of the molecule is CC1(C)[C@@H](N2CCOCC2)C[C@@H]1N. The average Bonchev–Trinajstić information content (AvgIpc) is 2.15. The van der Waals surface area contributed by atoms with E-state index in [9.17, 15) is 0 Å². The van der Waals surface area contributed by atoms with E-state index in [-0.39, 0.29) is 0 Å². The van der Waals surface area contributed by atoms with Gasteiger partial charge in [-0.25, -0.2) is 0 Å². The molecule has 1 heterocycles. The molecular formula is C10H20N2O. The summed E-state index contributed by atoms with van der Waals surface area (Å²) in [6, 6.07) is 1.08. The maximum atomic E-state index is 6.00. The summed E-state index contributed by atoms with van der Waals surface area (Å²) in [7, 11) is 0. The van der Waals surface area contributed by atoms with Crippen LogP contribution in [-0.4, -0.2) is 43.3 Å². The van der Waals surface area contributed by atoms with Crippen LogP contribution in [0.5, 0.6) is 0 Å². The minimum Gasteiger partial charge on any atom is -0.379 e. The number of hydrogen-bond donors (Lipinski definition) is 1. The Morgan fingerprint density at radius 3 is 2.38 bits per heavy atom. The molecule has 0 radical (unpaired) electrons. The monoisotopic (exact) mass is 184 g/mol. The second-order valence-corrected chi connectivity index (χ2v) is 4.83. The molecule has 0 aromatic carbocycles. The van der Waals surface area contributed by atoms with E-state index in [1.54, 1.807) is 0 Å². The predicted octanol–water partition coefficient (Wildman–Crippen LogP) is 0.444. The van der Waals surface area contributed by atoms with Gasteiger partial charge in [0.1, 0.15) is 0 Å². The highest BCUT2D eigenvalue weighted by molar-refractivity contribution is 5.05. The van der Waals surface area contributed by atoms with Crippen LogP contribution in [-0.2, 0) is 4.74 Å². The predicted molar refractivity (Wildman–Crippen MR) is 52.6 cm³/mol. The third kappa shape index (κ3) is 1.49. The molecule has 2 aliphatic rings. The molecule has 2 atom stereocenters. The van der Waals surface area contributed by atoms with Crippen molar-refractivity contribution in [1.29, 1.82) is 0 Å². The average molecular weight is 184 g/mol. The van der Waals surface area contributed by atoms with Gasteiger partial charge in [-0.05, 0) is 11.8 Å². The van der Waals surface area contributed by atoms with Crippen molar-refractivity contribution in [3.63, 3.8) is 0 Å². The summed E-state index contributed by atoms with van der Waals surface area (Å²) < 4.78 is 5.34. The van der Waals surface area contributed by atoms with Crippen molar-refractivity contribution in [3.05, 3.63) is 0 Å². The van der Waals surface area contributed by atoms with Crippen molar-refractivity contribution >= 4 is 0 Å². The lowest BCUT2D eigenvalue weighted by molar-refractivity contribution is -0.0683. The summed E-state index contributed by atoms with van der Waals surface area (Å²) >= 11 is 0. The quantitative estimate of drug-likeness (QED) is 0.643. The van der Waals surface area contributed by atoms with Crippen LogP contribution in [0, 0.1) is 5.41 Å². The Morgan fingerprint density at radius 1 is 1.31 bits per heavy atom. The third-order valence-corrected chi connectivity index (χ3v) is 3.78. The van der Waals surface area contributed by atoms with E-state index in [0.29, 0.717) is 17.5 Å². The van der Waals surface area contributed by atoms with Crippen LogP contribution in [0.1, 0.15) is 20.3 Å². The van der Waals surface area contributed by atoms with Gasteiger partial charge < -0.3 is 10.5 Å². The molecule has 1 saturated heterocycles. The number of ether oxygens (including phenoxy) is 1. The van der Waals surface area contributed by atoms with Gasteiger partial charge in [0.15, 0.2) is 0 Å². The maximum Gasteiger partial charge on any atom is 0.0594 e. The molecule has 0 bridgehead atoms. The second kappa shape index (κ2) is 3.23. The van der Waals surface area contributed by atoms with Gasteiger partial charge in [-0.1, -0.05) is 13.8 Å². The molecule has 0 aromatic heterocycles. The van der Waals surface area contributed by atoms with Gasteiger partial charge in [-0.3, -0.25) is 4.90 Å². The molecule has 0 unspecified atom stereocenters. The lowest BCUT2D eigenvalue weighted by Crippen LogP contribution is -2.65. The molecule has 1 aliphatic carbocycles. The Hall–Kier alpha value is -0.120. The number of nitrogens with zero attached hydrogens (tertiary/aromatic N) is 1. The fourth-order valence-electron chi connectivity index (χ4n) is 2.44. The molecule has 2 N–H and O–H groups in total. The van der Waals surface area contributed by atoms with Crippen molar-refractivity contribution in [3.8, 4) is 0 Å². The smallest absolute Gasteiger partial charge is 0.0594 e. The van der Waals surface area contributed by atoms with Gasteiger partial charge in [0.05, 0.1) is 13.2 Å². The number of rotatable bonds is 1. The molecule has 0 amide bonds. The van der Waals surface area contributed by atoms with Crippen LogP contribution in [0.2, 0.25) is 0 Å². The van der Waals surface area contributed by atoms with E-state index >= 15 is 0 Å². The molecule has 76 valence electrons. The van der Waals surface area contributed by atoms with E-state index in [1.165, 1.54) is 0 Å². The van der Waals surface area contributed by atoms with Crippen molar-refractivity contribution in [2.45, 2.75) is 32.4 Å². The molecule has 0 spiro atoms. The van der Waals surface area contributed by atoms with Crippen molar-refractivity contribution < 1.29 is 4.74 Å². The Bertz CT molecular complexity index is 187. The summed E-state index contributed by atoms with van der Waals surface area (Å²) in [4.78, 5) is 2.53. The first kappa shape index (κ1) is 9.44. The molecule has 0 aromatic rings. The highest BCUT2D eigenvalue weighted by Crippen LogP contribution is 2.42. The summed E-state index contributed by atoms with van der Waals surface area (Å²) in [5, 5.41) is 0. The highest BCUT2D eigenvalue weighted by Gasteiger charge is 2.48. The Labute approximate surface area is 80.2 Å². The van der Waals surface area contributed by atoms with E-state index in [2.05, 4.69) is 18.7 Å². The zero-order valence-electron chi connectivity index (χ0n) is 8.62. The minimum atomic E-state index is 0.303. The Morgan fingerprint density at radius 2 is 1.92 bits per heavy atom. The van der Waals surface area contributed by atoms with Crippen LogP contribution < -0.4 is 5.73 Å². The summed E-state index contributed by atoms with van der Waals surface area (Å²) in [6.45, 7) is 8.51. The van der Waals surface area contributed by atoms with Crippen molar-refractivity contribution in [1.82, 2.24) is 4.90 Å². The van der Waals surface area contributed by atoms with E-state index in [0.717, 1.165) is 32.7 Å². The Kier molecular flexibility index (Phi) is 2.34. The van der Waals surface area contributed by atoms with Gasteiger partial charge in [-0.2, -0.15) is 0 Å². The van der Waals surface area contributed by atoms with Gasteiger partial charge in [-0.15, -0.1) is 0 Å². The first-order chi connectivity index (χ1) is 6.12. The molecule has 3 heteroatoms. The van der Waals surface area contributed by atoms with Crippen LogP contribution >= 0.6 is 0 Å².